The van der Waals surface area contributed by atoms with Crippen molar-refractivity contribution < 1.29 is 18.3 Å². The molecular formula is C13H16N2O4S. The first kappa shape index (κ1) is 16.0. The molecule has 1 rings (SSSR count). The van der Waals surface area contributed by atoms with Crippen molar-refractivity contribution >= 4 is 21.7 Å². The topological polar surface area (TPSA) is 109 Å². The zero-order chi connectivity index (χ0) is 15.3. The highest BCUT2D eigenvalue weighted by atomic mass is 32.2. The van der Waals surface area contributed by atoms with Gasteiger partial charge in [-0.25, -0.2) is 17.9 Å². The molecule has 4 N–H and O–H groups in total. The number of rotatable bonds is 6. The van der Waals surface area contributed by atoms with Crippen molar-refractivity contribution in [3.8, 4) is 12.3 Å². The molecule has 0 saturated heterocycles. The molecule has 0 aromatic heterocycles. The molecule has 0 amide bonds. The summed E-state index contributed by atoms with van der Waals surface area (Å²) in [4.78, 5) is 10.6. The molecule has 1 atom stereocenters. The molecule has 0 aliphatic heterocycles. The van der Waals surface area contributed by atoms with Gasteiger partial charge in [-0.05, 0) is 24.6 Å². The van der Waals surface area contributed by atoms with E-state index in [0.717, 1.165) is 6.07 Å². The van der Waals surface area contributed by atoms with E-state index < -0.39 is 16.0 Å². The Hall–Kier alpha value is -2.04. The number of nitrogens with one attached hydrogen (secondary N) is 1. The molecule has 0 aliphatic carbocycles. The van der Waals surface area contributed by atoms with Crippen LogP contribution in [0.1, 0.15) is 30.1 Å². The summed E-state index contributed by atoms with van der Waals surface area (Å²) < 4.78 is 26.8. The lowest BCUT2D eigenvalue weighted by Crippen LogP contribution is -2.34. The molecule has 0 heterocycles. The quantitative estimate of drug-likeness (QED) is 0.537. The normalized spacial score (nSPS) is 12.6. The lowest BCUT2D eigenvalue weighted by atomic mass is 10.2. The second-order valence-electron chi connectivity index (χ2n) is 4.19. The summed E-state index contributed by atoms with van der Waals surface area (Å²) in [6.45, 7) is 1.81. The van der Waals surface area contributed by atoms with E-state index in [1.807, 2.05) is 0 Å². The van der Waals surface area contributed by atoms with Crippen LogP contribution < -0.4 is 10.5 Å². The molecule has 0 spiro atoms. The Bertz CT molecular complexity index is 647. The van der Waals surface area contributed by atoms with Crippen molar-refractivity contribution in [1.82, 2.24) is 4.72 Å². The Morgan fingerprint density at radius 2 is 2.20 bits per heavy atom. The Balaban J connectivity index is 3.10. The maximum absolute atomic E-state index is 12.2. The van der Waals surface area contributed by atoms with Gasteiger partial charge in [0.05, 0.1) is 11.3 Å². The zero-order valence-electron chi connectivity index (χ0n) is 11.0. The summed E-state index contributed by atoms with van der Waals surface area (Å²) in [5, 5.41) is 8.81. The van der Waals surface area contributed by atoms with E-state index in [1.54, 1.807) is 6.92 Å². The van der Waals surface area contributed by atoms with Crippen LogP contribution in [0.4, 0.5) is 5.69 Å². The molecule has 0 radical (unpaired) electrons. The van der Waals surface area contributed by atoms with Crippen molar-refractivity contribution in [2.45, 2.75) is 30.7 Å². The van der Waals surface area contributed by atoms with Gasteiger partial charge >= 0.3 is 5.97 Å². The molecule has 1 aromatic rings. The van der Waals surface area contributed by atoms with Gasteiger partial charge in [-0.3, -0.25) is 0 Å². The molecule has 6 nitrogen and oxygen atoms in total. The fraction of sp³-hybridized carbons (Fsp3) is 0.308. The second kappa shape index (κ2) is 6.41. The number of aromatic carboxylic acids is 1. The number of nitrogen functional groups attached to an aromatic ring is 1. The van der Waals surface area contributed by atoms with Gasteiger partial charge in [0.15, 0.2) is 0 Å². The molecule has 0 bridgehead atoms. The first-order chi connectivity index (χ1) is 9.31. The summed E-state index contributed by atoms with van der Waals surface area (Å²) in [7, 11) is -3.83. The van der Waals surface area contributed by atoms with Gasteiger partial charge in [-0.1, -0.05) is 6.92 Å². The highest BCUT2D eigenvalue weighted by Crippen LogP contribution is 2.20. The molecule has 0 aliphatic rings. The highest BCUT2D eigenvalue weighted by molar-refractivity contribution is 7.89. The molecule has 1 aromatic carbocycles. The average Bonchev–Trinajstić information content (AvgIpc) is 2.37. The smallest absolute Gasteiger partial charge is 0.335 e. The number of carbonyl (C=O) groups is 1. The molecule has 1 unspecified atom stereocenters. The van der Waals surface area contributed by atoms with Gasteiger partial charge in [-0.15, -0.1) is 12.3 Å². The third-order valence-electron chi connectivity index (χ3n) is 2.73. The number of carboxylic acid groups (broad SMARTS) is 1. The third-order valence-corrected chi connectivity index (χ3v) is 4.32. The van der Waals surface area contributed by atoms with Crippen LogP contribution in [0, 0.1) is 12.3 Å². The van der Waals surface area contributed by atoms with Crippen LogP contribution in [0.15, 0.2) is 23.1 Å². The van der Waals surface area contributed by atoms with E-state index in [1.165, 1.54) is 12.1 Å². The standard InChI is InChI=1S/C13H16N2O4S/c1-3-5-10(4-2)15-20(18,19)12-7-6-9(13(16)17)8-11(12)14/h1,6-8,10,15H,4-5,14H2,2H3,(H,16,17). The Morgan fingerprint density at radius 1 is 1.55 bits per heavy atom. The largest absolute Gasteiger partial charge is 0.478 e. The van der Waals surface area contributed by atoms with Gasteiger partial charge in [0.25, 0.3) is 0 Å². The number of carboxylic acids is 1. The van der Waals surface area contributed by atoms with Crippen LogP contribution in [-0.4, -0.2) is 25.5 Å². The maximum atomic E-state index is 12.2. The molecule has 20 heavy (non-hydrogen) atoms. The van der Waals surface area contributed by atoms with E-state index in [4.69, 9.17) is 17.3 Å². The number of anilines is 1. The monoisotopic (exact) mass is 296 g/mol. The summed E-state index contributed by atoms with van der Waals surface area (Å²) in [5.74, 6) is 1.22. The Kier molecular flexibility index (Phi) is 5.13. The summed E-state index contributed by atoms with van der Waals surface area (Å²) in [5.41, 5.74) is 5.42. The predicted molar refractivity (Wildman–Crippen MR) is 75.7 cm³/mol. The number of hydrogen-bond donors (Lipinski definition) is 3. The van der Waals surface area contributed by atoms with Crippen molar-refractivity contribution in [3.05, 3.63) is 23.8 Å². The van der Waals surface area contributed by atoms with Gasteiger partial charge in [-0.2, -0.15) is 0 Å². The average molecular weight is 296 g/mol. The number of nitrogens with two attached hydrogens (primary N) is 1. The predicted octanol–water partition coefficient (Wildman–Crippen LogP) is 1.05. The molecule has 0 saturated carbocycles. The second-order valence-corrected chi connectivity index (χ2v) is 5.87. The number of hydrogen-bond acceptors (Lipinski definition) is 4. The van der Waals surface area contributed by atoms with Gasteiger partial charge in [0, 0.05) is 12.5 Å². The summed E-state index contributed by atoms with van der Waals surface area (Å²) in [6.07, 6.45) is 5.98. The minimum Gasteiger partial charge on any atom is -0.478 e. The van der Waals surface area contributed by atoms with E-state index in [-0.39, 0.29) is 28.6 Å². The molecule has 0 fully saturated rings. The van der Waals surface area contributed by atoms with Crippen molar-refractivity contribution in [2.75, 3.05) is 5.73 Å². The number of sulfonamides is 1. The van der Waals surface area contributed by atoms with Crippen LogP contribution in [0.3, 0.4) is 0 Å². The molecular weight excluding hydrogens is 280 g/mol. The Morgan fingerprint density at radius 3 is 2.65 bits per heavy atom. The van der Waals surface area contributed by atoms with Crippen LogP contribution in [0.25, 0.3) is 0 Å². The van der Waals surface area contributed by atoms with E-state index in [2.05, 4.69) is 10.6 Å². The fourth-order valence-electron chi connectivity index (χ4n) is 1.62. The molecule has 108 valence electrons. The highest BCUT2D eigenvalue weighted by Gasteiger charge is 2.21. The number of terminal acetylenes is 1. The zero-order valence-corrected chi connectivity index (χ0v) is 11.8. The van der Waals surface area contributed by atoms with Crippen molar-refractivity contribution in [1.29, 1.82) is 0 Å². The van der Waals surface area contributed by atoms with E-state index in [9.17, 15) is 13.2 Å². The van der Waals surface area contributed by atoms with Crippen molar-refractivity contribution in [3.63, 3.8) is 0 Å². The maximum Gasteiger partial charge on any atom is 0.335 e. The lowest BCUT2D eigenvalue weighted by molar-refractivity contribution is 0.0697. The van der Waals surface area contributed by atoms with Crippen LogP contribution in [-0.2, 0) is 10.0 Å². The molecule has 7 heteroatoms. The van der Waals surface area contributed by atoms with Crippen LogP contribution >= 0.6 is 0 Å². The van der Waals surface area contributed by atoms with Gasteiger partial charge in [0.1, 0.15) is 4.90 Å². The first-order valence-corrected chi connectivity index (χ1v) is 7.38. The first-order valence-electron chi connectivity index (χ1n) is 5.90. The minimum atomic E-state index is -3.83. The Labute approximate surface area is 118 Å². The van der Waals surface area contributed by atoms with E-state index >= 15 is 0 Å². The summed E-state index contributed by atoms with van der Waals surface area (Å²) >= 11 is 0. The number of benzene rings is 1. The van der Waals surface area contributed by atoms with E-state index in [0.29, 0.717) is 6.42 Å². The van der Waals surface area contributed by atoms with Crippen LogP contribution in [0.2, 0.25) is 0 Å². The third kappa shape index (κ3) is 3.73. The SMILES string of the molecule is C#CCC(CC)NS(=O)(=O)c1ccc(C(=O)O)cc1N. The van der Waals surface area contributed by atoms with Gasteiger partial charge in [0.2, 0.25) is 10.0 Å². The van der Waals surface area contributed by atoms with Crippen molar-refractivity contribution in [2.24, 2.45) is 0 Å². The minimum absolute atomic E-state index is 0.0721. The van der Waals surface area contributed by atoms with Crippen LogP contribution in [0.5, 0.6) is 0 Å². The fourth-order valence-corrected chi connectivity index (χ4v) is 3.05. The lowest BCUT2D eigenvalue weighted by Gasteiger charge is -2.15. The summed E-state index contributed by atoms with van der Waals surface area (Å²) in [6, 6.07) is 3.08. The van der Waals surface area contributed by atoms with Gasteiger partial charge < -0.3 is 10.8 Å².